The van der Waals surface area contributed by atoms with E-state index in [2.05, 4.69) is 5.32 Å². The van der Waals surface area contributed by atoms with Gasteiger partial charge in [0.1, 0.15) is 5.82 Å². The average Bonchev–Trinajstić information content (AvgIpc) is 2.44. The van der Waals surface area contributed by atoms with Gasteiger partial charge in [0.25, 0.3) is 0 Å². The Morgan fingerprint density at radius 2 is 1.62 bits per heavy atom. The van der Waals surface area contributed by atoms with E-state index in [0.29, 0.717) is 16.1 Å². The van der Waals surface area contributed by atoms with Gasteiger partial charge in [0.15, 0.2) is 11.6 Å². The molecule has 0 saturated heterocycles. The zero-order valence-corrected chi connectivity index (χ0v) is 12.6. The van der Waals surface area contributed by atoms with E-state index in [1.165, 1.54) is 0 Å². The van der Waals surface area contributed by atoms with E-state index in [1.54, 1.807) is 18.2 Å². The zero-order valence-electron chi connectivity index (χ0n) is 11.1. The largest absolute Gasteiger partial charge is 0.306 e. The molecule has 0 aliphatic rings. The van der Waals surface area contributed by atoms with E-state index < -0.39 is 17.5 Å². The third-order valence-corrected chi connectivity index (χ3v) is 3.87. The number of halogens is 5. The molecule has 2 rings (SSSR count). The Morgan fingerprint density at radius 3 is 2.29 bits per heavy atom. The highest BCUT2D eigenvalue weighted by Gasteiger charge is 2.12. The van der Waals surface area contributed by atoms with Crippen molar-refractivity contribution in [3.63, 3.8) is 0 Å². The third-order valence-electron chi connectivity index (χ3n) is 3.13. The van der Waals surface area contributed by atoms with Gasteiger partial charge in [0.05, 0.1) is 10.0 Å². The van der Waals surface area contributed by atoms with Gasteiger partial charge in [-0.15, -0.1) is 0 Å². The fraction of sp³-hybridized carbons (Fsp3) is 0.200. The summed E-state index contributed by atoms with van der Waals surface area (Å²) in [6, 6.07) is 6.37. The van der Waals surface area contributed by atoms with Crippen LogP contribution in [0.2, 0.25) is 10.0 Å². The Labute approximate surface area is 130 Å². The summed E-state index contributed by atoms with van der Waals surface area (Å²) in [6.45, 7) is 1.90. The molecule has 21 heavy (non-hydrogen) atoms. The first kappa shape index (κ1) is 16.1. The molecule has 0 radical (unpaired) electrons. The number of nitrogens with one attached hydrogen (secondary N) is 1. The Bertz CT molecular complexity index is 662. The summed E-state index contributed by atoms with van der Waals surface area (Å²) in [7, 11) is 0. The van der Waals surface area contributed by atoms with Crippen molar-refractivity contribution in [1.29, 1.82) is 0 Å². The number of rotatable bonds is 4. The lowest BCUT2D eigenvalue weighted by Crippen LogP contribution is -2.19. The topological polar surface area (TPSA) is 12.0 Å². The van der Waals surface area contributed by atoms with Crippen LogP contribution in [0.25, 0.3) is 0 Å². The minimum absolute atomic E-state index is 0.0563. The molecular weight excluding hydrogens is 322 g/mol. The van der Waals surface area contributed by atoms with E-state index in [9.17, 15) is 13.2 Å². The quantitative estimate of drug-likeness (QED) is 0.752. The van der Waals surface area contributed by atoms with E-state index in [4.69, 9.17) is 23.2 Å². The molecule has 0 bridgehead atoms. The Hall–Kier alpha value is -1.23. The van der Waals surface area contributed by atoms with Crippen molar-refractivity contribution >= 4 is 23.2 Å². The molecule has 1 N–H and O–H groups in total. The molecule has 2 aromatic carbocycles. The van der Waals surface area contributed by atoms with Gasteiger partial charge in [0.2, 0.25) is 0 Å². The Balaban J connectivity index is 2.08. The van der Waals surface area contributed by atoms with Crippen molar-refractivity contribution in [2.24, 2.45) is 0 Å². The van der Waals surface area contributed by atoms with Crippen LogP contribution in [0.5, 0.6) is 0 Å². The van der Waals surface area contributed by atoms with Gasteiger partial charge in [-0.25, -0.2) is 13.2 Å². The average molecular weight is 334 g/mol. The van der Waals surface area contributed by atoms with E-state index >= 15 is 0 Å². The lowest BCUT2D eigenvalue weighted by atomic mass is 10.1. The number of benzene rings is 2. The molecule has 0 aliphatic carbocycles. The second kappa shape index (κ2) is 6.69. The van der Waals surface area contributed by atoms with Gasteiger partial charge in [-0.3, -0.25) is 0 Å². The molecule has 1 unspecified atom stereocenters. The highest BCUT2D eigenvalue weighted by atomic mass is 35.5. The summed E-state index contributed by atoms with van der Waals surface area (Å²) >= 11 is 11.8. The van der Waals surface area contributed by atoms with Gasteiger partial charge in [-0.05, 0) is 30.7 Å². The molecule has 0 amide bonds. The van der Waals surface area contributed by atoms with Gasteiger partial charge in [0, 0.05) is 24.2 Å². The first-order valence-electron chi connectivity index (χ1n) is 6.20. The fourth-order valence-corrected chi connectivity index (χ4v) is 2.17. The molecule has 1 nitrogen and oxygen atoms in total. The van der Waals surface area contributed by atoms with E-state index in [-0.39, 0.29) is 18.2 Å². The van der Waals surface area contributed by atoms with Crippen molar-refractivity contribution in [3.8, 4) is 0 Å². The maximum Gasteiger partial charge on any atom is 0.161 e. The van der Waals surface area contributed by atoms with Crippen LogP contribution in [0.15, 0.2) is 30.3 Å². The highest BCUT2D eigenvalue weighted by Crippen LogP contribution is 2.25. The van der Waals surface area contributed by atoms with Crippen molar-refractivity contribution < 1.29 is 13.2 Å². The zero-order chi connectivity index (χ0) is 15.6. The molecule has 0 aliphatic heterocycles. The third kappa shape index (κ3) is 3.90. The molecule has 2 aromatic rings. The predicted octanol–water partition coefficient (Wildman–Crippen LogP) is 5.26. The Morgan fingerprint density at radius 1 is 0.952 bits per heavy atom. The fourth-order valence-electron chi connectivity index (χ4n) is 1.86. The summed E-state index contributed by atoms with van der Waals surface area (Å²) in [5, 5.41) is 3.88. The summed E-state index contributed by atoms with van der Waals surface area (Å²) in [5.41, 5.74) is 0.910. The monoisotopic (exact) mass is 333 g/mol. The Kier molecular flexibility index (Phi) is 5.14. The molecule has 0 heterocycles. The maximum absolute atomic E-state index is 13.5. The normalized spacial score (nSPS) is 12.5. The van der Waals surface area contributed by atoms with Gasteiger partial charge < -0.3 is 5.32 Å². The summed E-state index contributed by atoms with van der Waals surface area (Å²) < 4.78 is 39.5. The number of hydrogen-bond donors (Lipinski definition) is 1. The SMILES string of the molecule is CC(NCc1cc(F)c(F)cc1F)c1ccc(Cl)c(Cl)c1. The molecule has 0 saturated carbocycles. The first-order valence-corrected chi connectivity index (χ1v) is 6.96. The van der Waals surface area contributed by atoms with Crippen LogP contribution in [0, 0.1) is 17.5 Å². The summed E-state index contributed by atoms with van der Waals surface area (Å²) in [5.74, 6) is -3.06. The van der Waals surface area contributed by atoms with Crippen LogP contribution >= 0.6 is 23.2 Å². The second-order valence-corrected chi connectivity index (χ2v) is 5.45. The van der Waals surface area contributed by atoms with Crippen molar-refractivity contribution in [2.45, 2.75) is 19.5 Å². The molecule has 0 fully saturated rings. The van der Waals surface area contributed by atoms with Crippen LogP contribution in [0.4, 0.5) is 13.2 Å². The predicted molar refractivity (Wildman–Crippen MR) is 78.0 cm³/mol. The van der Waals surface area contributed by atoms with Crippen LogP contribution in [-0.2, 0) is 6.54 Å². The molecule has 0 aromatic heterocycles. The molecule has 112 valence electrons. The van der Waals surface area contributed by atoms with Crippen LogP contribution in [0.3, 0.4) is 0 Å². The number of hydrogen-bond acceptors (Lipinski definition) is 1. The molecule has 1 atom stereocenters. The molecule has 6 heteroatoms. The first-order chi connectivity index (χ1) is 9.88. The smallest absolute Gasteiger partial charge is 0.161 e. The van der Waals surface area contributed by atoms with Crippen molar-refractivity contribution in [1.82, 2.24) is 5.32 Å². The summed E-state index contributed by atoms with van der Waals surface area (Å²) in [6.07, 6.45) is 0. The maximum atomic E-state index is 13.5. The second-order valence-electron chi connectivity index (χ2n) is 4.63. The van der Waals surface area contributed by atoms with E-state index in [1.807, 2.05) is 6.92 Å². The van der Waals surface area contributed by atoms with E-state index in [0.717, 1.165) is 11.6 Å². The standard InChI is InChI=1S/C15H12Cl2F3N/c1-8(9-2-3-11(16)12(17)4-9)21-7-10-5-14(19)15(20)6-13(10)18/h2-6,8,21H,7H2,1H3. The molecular formula is C15H12Cl2F3N. The van der Waals surface area contributed by atoms with Crippen LogP contribution < -0.4 is 5.32 Å². The van der Waals surface area contributed by atoms with Gasteiger partial charge in [-0.1, -0.05) is 29.3 Å². The molecule has 0 spiro atoms. The van der Waals surface area contributed by atoms with Crippen molar-refractivity contribution in [3.05, 3.63) is 69.0 Å². The van der Waals surface area contributed by atoms with Crippen molar-refractivity contribution in [2.75, 3.05) is 0 Å². The van der Waals surface area contributed by atoms with Crippen LogP contribution in [0.1, 0.15) is 24.1 Å². The van der Waals surface area contributed by atoms with Gasteiger partial charge >= 0.3 is 0 Å². The minimum atomic E-state index is -1.20. The van der Waals surface area contributed by atoms with Gasteiger partial charge in [-0.2, -0.15) is 0 Å². The van der Waals surface area contributed by atoms with Crippen LogP contribution in [-0.4, -0.2) is 0 Å². The highest BCUT2D eigenvalue weighted by molar-refractivity contribution is 6.42. The lowest BCUT2D eigenvalue weighted by molar-refractivity contribution is 0.482. The summed E-state index contributed by atoms with van der Waals surface area (Å²) in [4.78, 5) is 0. The lowest BCUT2D eigenvalue weighted by Gasteiger charge is -2.15. The minimum Gasteiger partial charge on any atom is -0.306 e.